The Labute approximate surface area is 62.8 Å². The average molecular weight is 152 g/mol. The van der Waals surface area contributed by atoms with E-state index in [4.69, 9.17) is 5.11 Å². The standard InChI is InChI=1S/C6H13NO.ClH/c1-7(2,3)5-4-6-8;/h4,6H,5H2,1-3H3;1H. The van der Waals surface area contributed by atoms with Gasteiger partial charge in [-0.2, -0.15) is 0 Å². The van der Waals surface area contributed by atoms with Crippen LogP contribution in [0.1, 0.15) is 0 Å². The summed E-state index contributed by atoms with van der Waals surface area (Å²) in [4.78, 5) is 0. The third kappa shape index (κ3) is 11.4. The van der Waals surface area contributed by atoms with Crippen molar-refractivity contribution in [3.8, 4) is 0 Å². The first-order chi connectivity index (χ1) is 3.56. The van der Waals surface area contributed by atoms with Crippen LogP contribution in [0, 0.1) is 0 Å². The molecular weight excluding hydrogens is 138 g/mol. The van der Waals surface area contributed by atoms with Crippen LogP contribution in [0.3, 0.4) is 0 Å². The van der Waals surface area contributed by atoms with Gasteiger partial charge in [0.2, 0.25) is 0 Å². The van der Waals surface area contributed by atoms with Crippen molar-refractivity contribution < 1.29 is 22.0 Å². The minimum atomic E-state index is 0. The summed E-state index contributed by atoms with van der Waals surface area (Å²) >= 11 is 0. The van der Waals surface area contributed by atoms with Crippen molar-refractivity contribution in [3.63, 3.8) is 0 Å². The molecule has 0 spiro atoms. The van der Waals surface area contributed by atoms with Gasteiger partial charge in [0.1, 0.15) is 0 Å². The molecular formula is C6H14ClNO. The number of aliphatic hydroxyl groups is 1. The van der Waals surface area contributed by atoms with E-state index < -0.39 is 0 Å². The summed E-state index contributed by atoms with van der Waals surface area (Å²) in [5.41, 5.74) is 0. The lowest BCUT2D eigenvalue weighted by Gasteiger charge is -2.21. The molecule has 0 unspecified atom stereocenters. The smallest absolute Gasteiger partial charge is 0.1000 e. The zero-order valence-corrected chi connectivity index (χ0v) is 6.89. The normalized spacial score (nSPS) is 11.4. The van der Waals surface area contributed by atoms with Crippen LogP contribution in [-0.2, 0) is 0 Å². The number of halogens is 1. The molecule has 0 heterocycles. The summed E-state index contributed by atoms with van der Waals surface area (Å²) in [5, 5.41) is 8.24. The summed E-state index contributed by atoms with van der Waals surface area (Å²) < 4.78 is 0.858. The van der Waals surface area contributed by atoms with Gasteiger partial charge in [0.05, 0.1) is 33.9 Å². The van der Waals surface area contributed by atoms with Crippen LogP contribution in [0.25, 0.3) is 0 Å². The molecule has 0 bridgehead atoms. The maximum Gasteiger partial charge on any atom is 0.1000 e. The zero-order chi connectivity index (χ0) is 6.62. The number of hydrogen-bond donors (Lipinski definition) is 1. The fourth-order valence-corrected chi connectivity index (χ4v) is 0.363. The highest BCUT2D eigenvalue weighted by Crippen LogP contribution is 1.87. The quantitative estimate of drug-likeness (QED) is 0.350. The molecule has 0 aromatic carbocycles. The highest BCUT2D eigenvalue weighted by atomic mass is 35.5. The summed E-state index contributed by atoms with van der Waals surface area (Å²) in [7, 11) is 6.21. The van der Waals surface area contributed by atoms with Crippen LogP contribution < -0.4 is 12.4 Å². The van der Waals surface area contributed by atoms with Crippen molar-refractivity contribution in [1.29, 1.82) is 0 Å². The molecule has 1 N–H and O–H groups in total. The summed E-state index contributed by atoms with van der Waals surface area (Å²) in [6.45, 7) is 0.872. The Morgan fingerprint density at radius 1 is 1.33 bits per heavy atom. The zero-order valence-electron chi connectivity index (χ0n) is 6.13. The minimum Gasteiger partial charge on any atom is -1.00 e. The van der Waals surface area contributed by atoms with Crippen molar-refractivity contribution in [2.75, 3.05) is 27.7 Å². The second-order valence-electron chi connectivity index (χ2n) is 2.86. The molecule has 0 saturated heterocycles. The fourth-order valence-electron chi connectivity index (χ4n) is 0.363. The predicted molar refractivity (Wildman–Crippen MR) is 34.7 cm³/mol. The molecule has 0 saturated carbocycles. The molecule has 0 atom stereocenters. The van der Waals surface area contributed by atoms with Crippen LogP contribution >= 0.6 is 0 Å². The van der Waals surface area contributed by atoms with Crippen LogP contribution in [0.15, 0.2) is 12.3 Å². The summed E-state index contributed by atoms with van der Waals surface area (Å²) in [6, 6.07) is 0. The van der Waals surface area contributed by atoms with Crippen molar-refractivity contribution in [1.82, 2.24) is 0 Å². The van der Waals surface area contributed by atoms with Gasteiger partial charge in [-0.15, -0.1) is 0 Å². The molecule has 0 aliphatic carbocycles. The Bertz CT molecular complexity index is 85.5. The number of hydrogen-bond acceptors (Lipinski definition) is 1. The van der Waals surface area contributed by atoms with Gasteiger partial charge in [0, 0.05) is 6.08 Å². The van der Waals surface area contributed by atoms with Crippen molar-refractivity contribution in [3.05, 3.63) is 12.3 Å². The van der Waals surface area contributed by atoms with Crippen LogP contribution in [0.4, 0.5) is 0 Å². The topological polar surface area (TPSA) is 20.2 Å². The van der Waals surface area contributed by atoms with Gasteiger partial charge in [-0.25, -0.2) is 0 Å². The third-order valence-electron chi connectivity index (χ3n) is 0.759. The van der Waals surface area contributed by atoms with E-state index in [1.807, 2.05) is 0 Å². The van der Waals surface area contributed by atoms with Crippen molar-refractivity contribution in [2.45, 2.75) is 0 Å². The molecule has 2 nitrogen and oxygen atoms in total. The van der Waals surface area contributed by atoms with Crippen LogP contribution in [0.2, 0.25) is 0 Å². The molecule has 0 amide bonds. The third-order valence-corrected chi connectivity index (χ3v) is 0.759. The first-order valence-corrected chi connectivity index (χ1v) is 2.66. The molecule has 0 rings (SSSR count). The van der Waals surface area contributed by atoms with Crippen molar-refractivity contribution in [2.24, 2.45) is 0 Å². The van der Waals surface area contributed by atoms with E-state index in [9.17, 15) is 0 Å². The molecule has 9 heavy (non-hydrogen) atoms. The van der Waals surface area contributed by atoms with E-state index in [0.717, 1.165) is 17.3 Å². The highest BCUT2D eigenvalue weighted by Gasteiger charge is 2.00. The Morgan fingerprint density at radius 2 is 1.78 bits per heavy atom. The maximum absolute atomic E-state index is 8.24. The predicted octanol–water partition coefficient (Wildman–Crippen LogP) is -2.23. The average Bonchev–Trinajstić information content (AvgIpc) is 1.59. The number of rotatable bonds is 2. The Balaban J connectivity index is 0. The molecule has 0 aliphatic rings. The molecule has 0 aliphatic heterocycles. The summed E-state index contributed by atoms with van der Waals surface area (Å²) in [6.07, 6.45) is 2.82. The second kappa shape index (κ2) is 4.65. The molecule has 0 fully saturated rings. The minimum absolute atomic E-state index is 0. The Morgan fingerprint density at radius 3 is 1.89 bits per heavy atom. The van der Waals surface area contributed by atoms with E-state index in [2.05, 4.69) is 21.1 Å². The monoisotopic (exact) mass is 151 g/mol. The van der Waals surface area contributed by atoms with E-state index >= 15 is 0 Å². The van der Waals surface area contributed by atoms with Gasteiger partial charge < -0.3 is 22.0 Å². The fraction of sp³-hybridized carbons (Fsp3) is 0.667. The first kappa shape index (κ1) is 11.6. The van der Waals surface area contributed by atoms with Crippen molar-refractivity contribution >= 4 is 0 Å². The van der Waals surface area contributed by atoms with Gasteiger partial charge in [0.15, 0.2) is 0 Å². The lowest BCUT2D eigenvalue weighted by atomic mass is 10.5. The van der Waals surface area contributed by atoms with Crippen LogP contribution in [0.5, 0.6) is 0 Å². The van der Waals surface area contributed by atoms with Gasteiger partial charge in [0.25, 0.3) is 0 Å². The number of aliphatic hydroxyl groups excluding tert-OH is 1. The molecule has 3 heteroatoms. The second-order valence-corrected chi connectivity index (χ2v) is 2.86. The van der Waals surface area contributed by atoms with Gasteiger partial charge >= 0.3 is 0 Å². The Kier molecular flexibility index (Phi) is 5.98. The highest BCUT2D eigenvalue weighted by molar-refractivity contribution is 4.69. The molecule has 0 aromatic rings. The lowest BCUT2D eigenvalue weighted by Crippen LogP contribution is -3.00. The molecule has 56 valence electrons. The van der Waals surface area contributed by atoms with E-state index in [0.29, 0.717) is 0 Å². The van der Waals surface area contributed by atoms with Gasteiger partial charge in [-0.1, -0.05) is 0 Å². The number of nitrogens with zero attached hydrogens (tertiary/aromatic N) is 1. The van der Waals surface area contributed by atoms with Gasteiger partial charge in [-0.05, 0) is 0 Å². The van der Waals surface area contributed by atoms with E-state index in [1.165, 1.54) is 0 Å². The first-order valence-electron chi connectivity index (χ1n) is 2.66. The molecule has 0 radical (unpaired) electrons. The van der Waals surface area contributed by atoms with E-state index in [-0.39, 0.29) is 12.4 Å². The largest absolute Gasteiger partial charge is 1.00 e. The van der Waals surface area contributed by atoms with Gasteiger partial charge in [-0.3, -0.25) is 0 Å². The maximum atomic E-state index is 8.24. The summed E-state index contributed by atoms with van der Waals surface area (Å²) in [5.74, 6) is 0. The number of quaternary nitrogens is 1. The lowest BCUT2D eigenvalue weighted by molar-refractivity contribution is -0.864. The number of likely N-dealkylation sites (N-methyl/N-ethyl adjacent to an activating group) is 1. The van der Waals surface area contributed by atoms with Crippen LogP contribution in [-0.4, -0.2) is 37.3 Å². The SMILES string of the molecule is C[N+](C)(C)CC=CO.[Cl-]. The van der Waals surface area contributed by atoms with E-state index in [1.54, 1.807) is 6.08 Å². The molecule has 0 aromatic heterocycles. The Hall–Kier alpha value is -0.210.